The van der Waals surface area contributed by atoms with Gasteiger partial charge in [-0.15, -0.1) is 0 Å². The molecule has 0 radical (unpaired) electrons. The lowest BCUT2D eigenvalue weighted by Gasteiger charge is -2.32. The summed E-state index contributed by atoms with van der Waals surface area (Å²) >= 11 is 0. The number of nitrogens with zero attached hydrogens (tertiary/aromatic N) is 1. The smallest absolute Gasteiger partial charge is 0.253 e. The zero-order valence-electron chi connectivity index (χ0n) is 16.2. The third-order valence-corrected chi connectivity index (χ3v) is 5.78. The van der Waals surface area contributed by atoms with Crippen molar-refractivity contribution in [3.63, 3.8) is 0 Å². The van der Waals surface area contributed by atoms with Gasteiger partial charge in [0.2, 0.25) is 0 Å². The van der Waals surface area contributed by atoms with Crippen LogP contribution in [0.2, 0.25) is 0 Å². The topological polar surface area (TPSA) is 45.3 Å². The Labute approximate surface area is 160 Å². The van der Waals surface area contributed by atoms with Crippen molar-refractivity contribution >= 4 is 16.8 Å². The number of benzene rings is 2. The van der Waals surface area contributed by atoms with E-state index in [0.717, 1.165) is 37.2 Å². The van der Waals surface area contributed by atoms with Crippen molar-refractivity contribution in [2.24, 2.45) is 0 Å². The highest BCUT2D eigenvalue weighted by atomic mass is 16.5. The maximum Gasteiger partial charge on any atom is 0.253 e. The molecule has 140 valence electrons. The average molecular weight is 362 g/mol. The van der Waals surface area contributed by atoms with E-state index >= 15 is 0 Å². The van der Waals surface area contributed by atoms with Crippen LogP contribution in [0.4, 0.5) is 0 Å². The maximum atomic E-state index is 12.8. The van der Waals surface area contributed by atoms with Gasteiger partial charge in [-0.25, -0.2) is 0 Å². The Hall–Kier alpha value is -2.75. The molecule has 0 atom stereocenters. The second-order valence-electron chi connectivity index (χ2n) is 7.51. The molecule has 27 heavy (non-hydrogen) atoms. The van der Waals surface area contributed by atoms with Gasteiger partial charge in [0, 0.05) is 41.2 Å². The number of carbonyl (C=O) groups is 1. The van der Waals surface area contributed by atoms with Crippen LogP contribution < -0.4 is 4.74 Å². The number of hydrogen-bond donors (Lipinski definition) is 1. The summed E-state index contributed by atoms with van der Waals surface area (Å²) in [7, 11) is 1.63. The molecule has 1 amide bonds. The Morgan fingerprint density at radius 2 is 1.78 bits per heavy atom. The maximum absolute atomic E-state index is 12.8. The van der Waals surface area contributed by atoms with Crippen molar-refractivity contribution in [3.8, 4) is 5.75 Å². The van der Waals surface area contributed by atoms with Crippen LogP contribution in [0.1, 0.15) is 45.9 Å². The van der Waals surface area contributed by atoms with Gasteiger partial charge in [-0.1, -0.05) is 11.6 Å². The van der Waals surface area contributed by atoms with Crippen LogP contribution in [0.25, 0.3) is 10.9 Å². The van der Waals surface area contributed by atoms with Crippen molar-refractivity contribution in [3.05, 3.63) is 64.8 Å². The predicted octanol–water partition coefficient (Wildman–Crippen LogP) is 4.81. The number of H-pyrrole nitrogens is 1. The first-order valence-electron chi connectivity index (χ1n) is 9.59. The third-order valence-electron chi connectivity index (χ3n) is 5.78. The number of aromatic amines is 1. The quantitative estimate of drug-likeness (QED) is 0.726. The zero-order chi connectivity index (χ0) is 19.0. The van der Waals surface area contributed by atoms with E-state index in [-0.39, 0.29) is 5.91 Å². The van der Waals surface area contributed by atoms with E-state index < -0.39 is 0 Å². The molecule has 0 unspecified atom stereocenters. The molecule has 4 nitrogen and oxygen atoms in total. The molecule has 1 saturated heterocycles. The van der Waals surface area contributed by atoms with Crippen molar-refractivity contribution < 1.29 is 9.53 Å². The first kappa shape index (κ1) is 17.7. The minimum absolute atomic E-state index is 0.111. The normalized spacial score (nSPS) is 15.3. The average Bonchev–Trinajstić information content (AvgIpc) is 3.04. The first-order valence-corrected chi connectivity index (χ1v) is 9.59. The van der Waals surface area contributed by atoms with Gasteiger partial charge in [-0.2, -0.15) is 0 Å². The summed E-state index contributed by atoms with van der Waals surface area (Å²) in [6.07, 6.45) is 1.99. The van der Waals surface area contributed by atoms with Gasteiger partial charge < -0.3 is 14.6 Å². The van der Waals surface area contributed by atoms with E-state index in [1.54, 1.807) is 7.11 Å². The summed E-state index contributed by atoms with van der Waals surface area (Å²) in [5.41, 5.74) is 5.92. The number of likely N-dealkylation sites (tertiary alicyclic amines) is 1. The van der Waals surface area contributed by atoms with Crippen molar-refractivity contribution in [1.82, 2.24) is 9.88 Å². The predicted molar refractivity (Wildman–Crippen MR) is 109 cm³/mol. The van der Waals surface area contributed by atoms with E-state index in [1.165, 1.54) is 27.7 Å². The fourth-order valence-electron chi connectivity index (χ4n) is 4.16. The molecule has 0 bridgehead atoms. The molecule has 4 heteroatoms. The van der Waals surface area contributed by atoms with Crippen LogP contribution in [-0.4, -0.2) is 36.0 Å². The first-order chi connectivity index (χ1) is 13.1. The molecule has 4 rings (SSSR count). The van der Waals surface area contributed by atoms with Crippen LogP contribution in [0.3, 0.4) is 0 Å². The molecule has 2 heterocycles. The summed E-state index contributed by atoms with van der Waals surface area (Å²) in [5, 5.41) is 1.32. The molecule has 1 aromatic heterocycles. The monoisotopic (exact) mass is 362 g/mol. The Kier molecular flexibility index (Phi) is 4.65. The minimum Gasteiger partial charge on any atom is -0.497 e. The largest absolute Gasteiger partial charge is 0.497 e. The summed E-state index contributed by atoms with van der Waals surface area (Å²) in [6.45, 7) is 5.93. The SMILES string of the molecule is COc1ccc(C(=O)N2CCC(c3[nH]c4ccc(C)cc4c3C)CC2)cc1. The Bertz CT molecular complexity index is 964. The summed E-state index contributed by atoms with van der Waals surface area (Å²) in [5.74, 6) is 1.37. The lowest BCUT2D eigenvalue weighted by atomic mass is 9.91. The van der Waals surface area contributed by atoms with Crippen LogP contribution in [0.15, 0.2) is 42.5 Å². The van der Waals surface area contributed by atoms with E-state index in [9.17, 15) is 4.79 Å². The molecular weight excluding hydrogens is 336 g/mol. The lowest BCUT2D eigenvalue weighted by molar-refractivity contribution is 0.0712. The molecule has 0 saturated carbocycles. The Morgan fingerprint density at radius 3 is 2.44 bits per heavy atom. The highest BCUT2D eigenvalue weighted by molar-refractivity contribution is 5.94. The van der Waals surface area contributed by atoms with Crippen LogP contribution in [0, 0.1) is 13.8 Å². The number of methoxy groups -OCH3 is 1. The number of rotatable bonds is 3. The fraction of sp³-hybridized carbons (Fsp3) is 0.348. The van der Waals surface area contributed by atoms with Gasteiger partial charge >= 0.3 is 0 Å². The van der Waals surface area contributed by atoms with E-state index in [4.69, 9.17) is 4.74 Å². The second kappa shape index (κ2) is 7.10. The molecule has 2 aromatic carbocycles. The van der Waals surface area contributed by atoms with Gasteiger partial charge in [-0.3, -0.25) is 4.79 Å². The third kappa shape index (κ3) is 3.32. The number of piperidine rings is 1. The van der Waals surface area contributed by atoms with Crippen molar-refractivity contribution in [2.45, 2.75) is 32.6 Å². The van der Waals surface area contributed by atoms with Gasteiger partial charge in [0.05, 0.1) is 7.11 Å². The summed E-state index contributed by atoms with van der Waals surface area (Å²) in [4.78, 5) is 18.4. The van der Waals surface area contributed by atoms with Crippen LogP contribution in [-0.2, 0) is 0 Å². The minimum atomic E-state index is 0.111. The fourth-order valence-corrected chi connectivity index (χ4v) is 4.16. The number of hydrogen-bond acceptors (Lipinski definition) is 2. The second-order valence-corrected chi connectivity index (χ2v) is 7.51. The Balaban J connectivity index is 1.47. The van der Waals surface area contributed by atoms with Crippen molar-refractivity contribution in [1.29, 1.82) is 0 Å². The number of aryl methyl sites for hydroxylation is 2. The lowest BCUT2D eigenvalue weighted by Crippen LogP contribution is -2.38. The number of aromatic nitrogens is 1. The zero-order valence-corrected chi connectivity index (χ0v) is 16.2. The van der Waals surface area contributed by atoms with E-state index in [2.05, 4.69) is 37.0 Å². The van der Waals surface area contributed by atoms with Gasteiger partial charge in [-0.05, 0) is 68.7 Å². The molecule has 0 spiro atoms. The number of nitrogens with one attached hydrogen (secondary N) is 1. The molecule has 0 aliphatic carbocycles. The molecule has 1 fully saturated rings. The van der Waals surface area contributed by atoms with Crippen molar-refractivity contribution in [2.75, 3.05) is 20.2 Å². The highest BCUT2D eigenvalue weighted by Gasteiger charge is 2.26. The van der Waals surface area contributed by atoms with Gasteiger partial charge in [0.15, 0.2) is 0 Å². The van der Waals surface area contributed by atoms with Crippen LogP contribution >= 0.6 is 0 Å². The van der Waals surface area contributed by atoms with Gasteiger partial charge in [0.25, 0.3) is 5.91 Å². The van der Waals surface area contributed by atoms with Gasteiger partial charge in [0.1, 0.15) is 5.75 Å². The molecular formula is C23H26N2O2. The molecule has 1 N–H and O–H groups in total. The molecule has 1 aliphatic heterocycles. The number of fused-ring (bicyclic) bond motifs is 1. The Morgan fingerprint density at radius 1 is 1.07 bits per heavy atom. The number of ether oxygens (including phenoxy) is 1. The number of amides is 1. The van der Waals surface area contributed by atoms with Crippen LogP contribution in [0.5, 0.6) is 5.75 Å². The van der Waals surface area contributed by atoms with E-state index in [0.29, 0.717) is 5.92 Å². The highest BCUT2D eigenvalue weighted by Crippen LogP contribution is 2.34. The summed E-state index contributed by atoms with van der Waals surface area (Å²) in [6, 6.07) is 14.0. The molecule has 3 aromatic rings. The molecule has 1 aliphatic rings. The standard InChI is InChI=1S/C23H26N2O2/c1-15-4-9-21-20(14-15)16(2)22(24-21)17-10-12-25(13-11-17)23(26)18-5-7-19(27-3)8-6-18/h4-9,14,17,24H,10-13H2,1-3H3. The number of carbonyl (C=O) groups excluding carboxylic acids is 1. The summed E-state index contributed by atoms with van der Waals surface area (Å²) < 4.78 is 5.17. The van der Waals surface area contributed by atoms with E-state index in [1.807, 2.05) is 29.2 Å².